The molecule has 1 aliphatic carbocycles. The van der Waals surface area contributed by atoms with Gasteiger partial charge < -0.3 is 9.47 Å². The number of fused-ring (bicyclic) bond motifs is 1. The summed E-state index contributed by atoms with van der Waals surface area (Å²) in [5, 5.41) is 1.03. The van der Waals surface area contributed by atoms with E-state index in [4.69, 9.17) is 6.42 Å². The topological polar surface area (TPSA) is 63.9 Å². The molecule has 6 nitrogen and oxygen atoms in total. The first kappa shape index (κ1) is 20.4. The van der Waals surface area contributed by atoms with Crippen LogP contribution in [0.3, 0.4) is 0 Å². The first-order valence-corrected chi connectivity index (χ1v) is 11.3. The first-order valence-electron chi connectivity index (χ1n) is 11.3. The van der Waals surface area contributed by atoms with Crippen LogP contribution < -0.4 is 0 Å². The molecule has 1 fully saturated rings. The van der Waals surface area contributed by atoms with Gasteiger partial charge in [0.05, 0.1) is 5.69 Å². The molecule has 6 heteroatoms. The normalized spacial score (nSPS) is 18.6. The number of aryl methyl sites for hydroxylation is 2. The molecule has 0 bridgehead atoms. The summed E-state index contributed by atoms with van der Waals surface area (Å²) in [5.74, 6) is 3.03. The van der Waals surface area contributed by atoms with Crippen molar-refractivity contribution in [2.24, 2.45) is 13.0 Å². The summed E-state index contributed by atoms with van der Waals surface area (Å²) in [6, 6.07) is 3.93. The van der Waals surface area contributed by atoms with Crippen molar-refractivity contribution in [2.45, 2.75) is 39.0 Å². The van der Waals surface area contributed by atoms with Crippen molar-refractivity contribution in [1.82, 2.24) is 24.4 Å². The number of carbonyl (C=O) groups is 1. The van der Waals surface area contributed by atoms with E-state index in [2.05, 4.69) is 31.5 Å². The minimum atomic E-state index is 0.0878. The summed E-state index contributed by atoms with van der Waals surface area (Å²) < 4.78 is 2.12. The quantitative estimate of drug-likeness (QED) is 0.592. The van der Waals surface area contributed by atoms with Crippen molar-refractivity contribution in [2.75, 3.05) is 13.1 Å². The Kier molecular flexibility index (Phi) is 5.26. The second-order valence-corrected chi connectivity index (χ2v) is 8.75. The molecule has 0 saturated carbocycles. The lowest BCUT2D eigenvalue weighted by Crippen LogP contribution is -2.34. The van der Waals surface area contributed by atoms with Crippen LogP contribution in [-0.4, -0.2) is 43.4 Å². The van der Waals surface area contributed by atoms with Gasteiger partial charge in [0.25, 0.3) is 0 Å². The second kappa shape index (κ2) is 8.23. The fraction of sp³-hybridized carbons (Fsp3) is 0.385. The van der Waals surface area contributed by atoms with Crippen LogP contribution in [0.2, 0.25) is 0 Å². The van der Waals surface area contributed by atoms with Crippen LogP contribution in [-0.2, 0) is 11.8 Å². The average molecular weight is 426 g/mol. The smallest absolute Gasteiger partial charge is 0.226 e. The number of aromatic nitrogens is 4. The van der Waals surface area contributed by atoms with Gasteiger partial charge in [0, 0.05) is 54.5 Å². The van der Waals surface area contributed by atoms with E-state index in [0.29, 0.717) is 11.6 Å². The maximum absolute atomic E-state index is 12.9. The molecule has 3 aromatic heterocycles. The molecular weight excluding hydrogens is 398 g/mol. The van der Waals surface area contributed by atoms with Crippen LogP contribution in [0.25, 0.3) is 27.9 Å². The first-order chi connectivity index (χ1) is 15.6. The van der Waals surface area contributed by atoms with Gasteiger partial charge in [-0.2, -0.15) is 0 Å². The van der Waals surface area contributed by atoms with Crippen molar-refractivity contribution < 1.29 is 4.79 Å². The third-order valence-electron chi connectivity index (χ3n) is 6.84. The van der Waals surface area contributed by atoms with E-state index in [9.17, 15) is 4.79 Å². The fourth-order valence-electron chi connectivity index (χ4n) is 5.18. The van der Waals surface area contributed by atoms with Crippen molar-refractivity contribution in [3.05, 3.63) is 47.7 Å². The number of pyridine rings is 1. The summed E-state index contributed by atoms with van der Waals surface area (Å²) in [6.45, 7) is 3.82. The Hall–Kier alpha value is -3.46. The lowest BCUT2D eigenvalue weighted by Gasteiger charge is -2.26. The third-order valence-corrected chi connectivity index (χ3v) is 6.84. The molecular formula is C26H27N5O. The Bertz CT molecular complexity index is 1270. The summed E-state index contributed by atoms with van der Waals surface area (Å²) in [6.07, 6.45) is 16.1. The number of carbonyl (C=O) groups excluding carboxylic acids is 1. The van der Waals surface area contributed by atoms with Crippen LogP contribution in [0.15, 0.2) is 30.7 Å². The molecule has 0 N–H and O–H groups in total. The van der Waals surface area contributed by atoms with Crippen molar-refractivity contribution >= 4 is 22.5 Å². The molecule has 3 aromatic rings. The highest BCUT2D eigenvalue weighted by atomic mass is 16.2. The van der Waals surface area contributed by atoms with E-state index in [1.54, 1.807) is 6.33 Å². The van der Waals surface area contributed by atoms with Crippen LogP contribution in [0.1, 0.15) is 49.1 Å². The van der Waals surface area contributed by atoms with Gasteiger partial charge in [-0.15, -0.1) is 6.42 Å². The third kappa shape index (κ3) is 3.38. The highest BCUT2D eigenvalue weighted by molar-refractivity contribution is 5.99. The molecule has 1 aliphatic heterocycles. The van der Waals surface area contributed by atoms with Crippen LogP contribution in [0, 0.1) is 25.2 Å². The van der Waals surface area contributed by atoms with Gasteiger partial charge in [0.2, 0.25) is 5.91 Å². The van der Waals surface area contributed by atoms with E-state index < -0.39 is 0 Å². The molecule has 32 heavy (non-hydrogen) atoms. The Morgan fingerprint density at radius 1 is 1.25 bits per heavy atom. The zero-order valence-electron chi connectivity index (χ0n) is 18.6. The van der Waals surface area contributed by atoms with Crippen molar-refractivity contribution in [3.63, 3.8) is 0 Å². The predicted molar refractivity (Wildman–Crippen MR) is 126 cm³/mol. The van der Waals surface area contributed by atoms with Crippen LogP contribution in [0.5, 0.6) is 0 Å². The van der Waals surface area contributed by atoms with Gasteiger partial charge >= 0.3 is 0 Å². The molecule has 5 rings (SSSR count). The monoisotopic (exact) mass is 425 g/mol. The summed E-state index contributed by atoms with van der Waals surface area (Å²) in [5.41, 5.74) is 6.92. The predicted octanol–water partition coefficient (Wildman–Crippen LogP) is 4.13. The molecule has 0 unspecified atom stereocenters. The molecule has 4 heterocycles. The Labute approximate surface area is 188 Å². The summed E-state index contributed by atoms with van der Waals surface area (Å²) in [7, 11) is 2.03. The van der Waals surface area contributed by atoms with Gasteiger partial charge in [-0.05, 0) is 56.7 Å². The Balaban J connectivity index is 1.58. The zero-order chi connectivity index (χ0) is 22.2. The van der Waals surface area contributed by atoms with Crippen LogP contribution in [0.4, 0.5) is 0 Å². The van der Waals surface area contributed by atoms with Crippen molar-refractivity contribution in [1.29, 1.82) is 0 Å². The molecule has 1 atom stereocenters. The SMILES string of the molecule is C#Cc1ccc(-c2c(C3=CC[C@H](C(=O)N4CCCC4)CC3)c3cncnc3n2C)c(C)n1. The van der Waals surface area contributed by atoms with E-state index >= 15 is 0 Å². The number of allylic oxidation sites excluding steroid dienone is 2. The number of terminal acetylenes is 1. The van der Waals surface area contributed by atoms with Gasteiger partial charge in [0.15, 0.2) is 0 Å². The van der Waals surface area contributed by atoms with Gasteiger partial charge in [0.1, 0.15) is 17.7 Å². The number of hydrogen-bond acceptors (Lipinski definition) is 4. The lowest BCUT2D eigenvalue weighted by molar-refractivity contribution is -0.134. The van der Waals surface area contributed by atoms with E-state index in [-0.39, 0.29) is 5.92 Å². The summed E-state index contributed by atoms with van der Waals surface area (Å²) >= 11 is 0. The molecule has 0 aromatic carbocycles. The highest BCUT2D eigenvalue weighted by Gasteiger charge is 2.30. The van der Waals surface area contributed by atoms with E-state index in [1.165, 1.54) is 5.57 Å². The Morgan fingerprint density at radius 3 is 2.75 bits per heavy atom. The molecule has 1 amide bonds. The highest BCUT2D eigenvalue weighted by Crippen LogP contribution is 2.42. The molecule has 0 radical (unpaired) electrons. The van der Waals surface area contributed by atoms with Gasteiger partial charge in [-0.3, -0.25) is 4.79 Å². The molecule has 0 spiro atoms. The molecule has 1 saturated heterocycles. The van der Waals surface area contributed by atoms with Crippen LogP contribution >= 0.6 is 0 Å². The maximum Gasteiger partial charge on any atom is 0.226 e. The number of rotatable bonds is 3. The summed E-state index contributed by atoms with van der Waals surface area (Å²) in [4.78, 5) is 28.4. The maximum atomic E-state index is 12.9. The lowest BCUT2D eigenvalue weighted by atomic mass is 9.84. The average Bonchev–Trinajstić information content (AvgIpc) is 3.46. The standard InChI is InChI=1S/C26H27N5O/c1-4-20-11-12-21(17(2)29-20)24-23(22-15-27-16-28-25(22)30(24)3)18-7-9-19(10-8-18)26(32)31-13-5-6-14-31/h1,7,11-12,15-16,19H,5-6,8-10,13-14H2,2-3H3/t19-/m0/s1. The second-order valence-electron chi connectivity index (χ2n) is 8.75. The number of amides is 1. The minimum Gasteiger partial charge on any atom is -0.342 e. The minimum absolute atomic E-state index is 0.0878. The number of nitrogens with zero attached hydrogens (tertiary/aromatic N) is 5. The van der Waals surface area contributed by atoms with Crippen molar-refractivity contribution in [3.8, 4) is 23.6 Å². The van der Waals surface area contributed by atoms with E-state index in [0.717, 1.165) is 78.7 Å². The Morgan fingerprint density at radius 2 is 2.06 bits per heavy atom. The fourth-order valence-corrected chi connectivity index (χ4v) is 5.18. The number of likely N-dealkylation sites (tertiary alicyclic amines) is 1. The number of hydrogen-bond donors (Lipinski definition) is 0. The molecule has 162 valence electrons. The van der Waals surface area contributed by atoms with E-state index in [1.807, 2.05) is 37.2 Å². The molecule has 2 aliphatic rings. The van der Waals surface area contributed by atoms with Gasteiger partial charge in [-0.25, -0.2) is 15.0 Å². The van der Waals surface area contributed by atoms with Gasteiger partial charge in [-0.1, -0.05) is 12.0 Å². The zero-order valence-corrected chi connectivity index (χ0v) is 18.6. The largest absolute Gasteiger partial charge is 0.342 e.